The lowest BCUT2D eigenvalue weighted by molar-refractivity contribution is 0.0303. The fraction of sp³-hybridized carbons (Fsp3) is 0.182. The molecular weight excluding hydrogens is 385 g/mol. The Morgan fingerprint density at radius 3 is 2.67 bits per heavy atom. The number of anilines is 1. The number of halogens is 1. The van der Waals surface area contributed by atoms with Crippen LogP contribution in [-0.2, 0) is 4.74 Å². The summed E-state index contributed by atoms with van der Waals surface area (Å²) >= 11 is 0. The minimum Gasteiger partial charge on any atom is -0.381 e. The summed E-state index contributed by atoms with van der Waals surface area (Å²) in [6.45, 7) is 2.06. The molecule has 30 heavy (non-hydrogen) atoms. The lowest BCUT2D eigenvalue weighted by Gasteiger charge is -2.27. The summed E-state index contributed by atoms with van der Waals surface area (Å²) in [5.74, 6) is -0.653. The molecule has 3 aromatic rings. The van der Waals surface area contributed by atoms with Crippen molar-refractivity contribution < 1.29 is 13.9 Å². The molecule has 1 fully saturated rings. The number of nitrogen functional groups attached to an aromatic ring is 1. The van der Waals surface area contributed by atoms with Crippen LogP contribution in [0.2, 0.25) is 0 Å². The number of rotatable bonds is 3. The van der Waals surface area contributed by atoms with E-state index in [0.29, 0.717) is 43.0 Å². The van der Waals surface area contributed by atoms with Crippen molar-refractivity contribution in [3.05, 3.63) is 65.7 Å². The fourth-order valence-corrected chi connectivity index (χ4v) is 3.36. The number of morpholine rings is 1. The number of carbonyl (C=O) groups excluding carboxylic acids is 1. The third-order valence-electron chi connectivity index (χ3n) is 4.92. The zero-order valence-corrected chi connectivity index (χ0v) is 16.0. The first kappa shape index (κ1) is 19.5. The van der Waals surface area contributed by atoms with E-state index in [1.807, 2.05) is 12.1 Å². The fourth-order valence-electron chi connectivity index (χ4n) is 3.36. The number of benzene rings is 2. The van der Waals surface area contributed by atoms with Gasteiger partial charge in [-0.25, -0.2) is 14.4 Å². The molecule has 2 N–H and O–H groups in total. The summed E-state index contributed by atoms with van der Waals surface area (Å²) in [6, 6.07) is 13.6. The number of aromatic nitrogens is 2. The minimum absolute atomic E-state index is 0.00571. The quantitative estimate of drug-likeness (QED) is 0.721. The van der Waals surface area contributed by atoms with Gasteiger partial charge in [-0.2, -0.15) is 5.26 Å². The van der Waals surface area contributed by atoms with E-state index in [1.165, 1.54) is 12.3 Å². The van der Waals surface area contributed by atoms with E-state index in [-0.39, 0.29) is 28.7 Å². The van der Waals surface area contributed by atoms with E-state index in [0.717, 1.165) is 0 Å². The van der Waals surface area contributed by atoms with Gasteiger partial charge in [-0.3, -0.25) is 4.79 Å². The van der Waals surface area contributed by atoms with Crippen LogP contribution >= 0.6 is 0 Å². The molecule has 0 radical (unpaired) electrons. The normalized spacial score (nSPS) is 13.7. The highest BCUT2D eigenvalue weighted by atomic mass is 19.1. The van der Waals surface area contributed by atoms with Crippen molar-refractivity contribution in [2.24, 2.45) is 0 Å². The van der Waals surface area contributed by atoms with Crippen LogP contribution in [0.15, 0.2) is 48.7 Å². The van der Waals surface area contributed by atoms with E-state index >= 15 is 0 Å². The second-order valence-electron chi connectivity index (χ2n) is 6.75. The number of nitrogens with zero attached hydrogens (tertiary/aromatic N) is 4. The molecule has 8 heteroatoms. The van der Waals surface area contributed by atoms with Crippen LogP contribution in [0.1, 0.15) is 16.1 Å². The van der Waals surface area contributed by atoms with Crippen molar-refractivity contribution in [2.75, 3.05) is 32.0 Å². The third-order valence-corrected chi connectivity index (χ3v) is 4.92. The lowest BCUT2D eigenvalue weighted by Crippen LogP contribution is -2.40. The van der Waals surface area contributed by atoms with E-state index < -0.39 is 5.82 Å². The Morgan fingerprint density at radius 1 is 1.17 bits per heavy atom. The van der Waals surface area contributed by atoms with Crippen molar-refractivity contribution in [2.45, 2.75) is 0 Å². The Balaban J connectivity index is 1.70. The average molecular weight is 403 g/mol. The van der Waals surface area contributed by atoms with Crippen molar-refractivity contribution in [1.82, 2.24) is 14.9 Å². The second kappa shape index (κ2) is 8.27. The Kier molecular flexibility index (Phi) is 5.37. The first-order chi connectivity index (χ1) is 14.6. The SMILES string of the molecule is N#Cc1nc(-c2ccc(-c3ccccc3C(=O)N3CCOCC3)cc2F)cnc1N. The first-order valence-corrected chi connectivity index (χ1v) is 9.37. The summed E-state index contributed by atoms with van der Waals surface area (Å²) < 4.78 is 20.3. The molecule has 1 aliphatic rings. The van der Waals surface area contributed by atoms with Crippen LogP contribution < -0.4 is 5.73 Å². The van der Waals surface area contributed by atoms with Crippen LogP contribution in [0.25, 0.3) is 22.4 Å². The molecule has 4 rings (SSSR count). The van der Waals surface area contributed by atoms with Crippen molar-refractivity contribution in [3.8, 4) is 28.5 Å². The van der Waals surface area contributed by atoms with E-state index in [1.54, 1.807) is 35.2 Å². The molecule has 0 atom stereocenters. The van der Waals surface area contributed by atoms with Gasteiger partial charge in [-0.05, 0) is 29.3 Å². The first-order valence-electron chi connectivity index (χ1n) is 9.37. The van der Waals surface area contributed by atoms with Gasteiger partial charge in [0.05, 0.1) is 25.1 Å². The number of hydrogen-bond donors (Lipinski definition) is 1. The molecule has 0 bridgehead atoms. The molecule has 0 spiro atoms. The van der Waals surface area contributed by atoms with Gasteiger partial charge in [0.2, 0.25) is 0 Å². The summed E-state index contributed by atoms with van der Waals surface area (Å²) in [5.41, 5.74) is 7.65. The Labute approximate surface area is 172 Å². The van der Waals surface area contributed by atoms with Crippen molar-refractivity contribution in [1.29, 1.82) is 5.26 Å². The highest BCUT2D eigenvalue weighted by Crippen LogP contribution is 2.30. The summed E-state index contributed by atoms with van der Waals surface area (Å²) in [4.78, 5) is 22.7. The Hall–Kier alpha value is -3.83. The molecule has 7 nitrogen and oxygen atoms in total. The number of nitriles is 1. The molecule has 0 saturated carbocycles. The highest BCUT2D eigenvalue weighted by Gasteiger charge is 2.22. The van der Waals surface area contributed by atoms with Gasteiger partial charge >= 0.3 is 0 Å². The van der Waals surface area contributed by atoms with Crippen molar-refractivity contribution >= 4 is 11.7 Å². The maximum absolute atomic E-state index is 15.0. The molecule has 1 aliphatic heterocycles. The molecule has 1 aromatic heterocycles. The molecule has 1 amide bonds. The van der Waals surface area contributed by atoms with Gasteiger partial charge in [-0.1, -0.05) is 24.3 Å². The van der Waals surface area contributed by atoms with Gasteiger partial charge < -0.3 is 15.4 Å². The number of amides is 1. The average Bonchev–Trinajstić information content (AvgIpc) is 2.79. The molecule has 0 aliphatic carbocycles. The lowest BCUT2D eigenvalue weighted by atomic mass is 9.97. The zero-order valence-electron chi connectivity index (χ0n) is 16.0. The third kappa shape index (κ3) is 3.71. The Morgan fingerprint density at radius 2 is 1.93 bits per heavy atom. The molecule has 2 aromatic carbocycles. The number of hydrogen-bond acceptors (Lipinski definition) is 6. The van der Waals surface area contributed by atoms with Crippen LogP contribution in [0.5, 0.6) is 0 Å². The predicted octanol–water partition coefficient (Wildman–Crippen LogP) is 2.88. The molecule has 0 unspecified atom stereocenters. The van der Waals surface area contributed by atoms with Gasteiger partial charge in [0, 0.05) is 24.2 Å². The highest BCUT2D eigenvalue weighted by molar-refractivity contribution is 6.01. The van der Waals surface area contributed by atoms with E-state index in [9.17, 15) is 9.18 Å². The second-order valence-corrected chi connectivity index (χ2v) is 6.75. The van der Waals surface area contributed by atoms with Crippen LogP contribution in [-0.4, -0.2) is 47.1 Å². The predicted molar refractivity (Wildman–Crippen MR) is 109 cm³/mol. The zero-order chi connectivity index (χ0) is 21.1. The maximum atomic E-state index is 15.0. The van der Waals surface area contributed by atoms with Gasteiger partial charge in [0.25, 0.3) is 5.91 Å². The molecule has 1 saturated heterocycles. The van der Waals surface area contributed by atoms with Gasteiger partial charge in [0.15, 0.2) is 11.5 Å². The number of carbonyl (C=O) groups is 1. The molecule has 150 valence electrons. The van der Waals surface area contributed by atoms with Gasteiger partial charge in [-0.15, -0.1) is 0 Å². The van der Waals surface area contributed by atoms with E-state index in [4.69, 9.17) is 15.7 Å². The summed E-state index contributed by atoms with van der Waals surface area (Å²) in [6.07, 6.45) is 1.32. The monoisotopic (exact) mass is 403 g/mol. The smallest absolute Gasteiger partial charge is 0.254 e. The molecular formula is C22H18FN5O2. The summed E-state index contributed by atoms with van der Waals surface area (Å²) in [5, 5.41) is 9.07. The minimum atomic E-state index is -0.538. The van der Waals surface area contributed by atoms with E-state index in [2.05, 4.69) is 9.97 Å². The number of ether oxygens (including phenoxy) is 1. The van der Waals surface area contributed by atoms with Crippen LogP contribution in [0, 0.1) is 17.1 Å². The maximum Gasteiger partial charge on any atom is 0.254 e. The summed E-state index contributed by atoms with van der Waals surface area (Å²) in [7, 11) is 0. The largest absolute Gasteiger partial charge is 0.381 e. The van der Waals surface area contributed by atoms with Crippen molar-refractivity contribution in [3.63, 3.8) is 0 Å². The molecule has 2 heterocycles. The van der Waals surface area contributed by atoms with Crippen LogP contribution in [0.3, 0.4) is 0 Å². The van der Waals surface area contributed by atoms with Gasteiger partial charge in [0.1, 0.15) is 11.9 Å². The number of nitrogens with two attached hydrogens (primary N) is 1. The van der Waals surface area contributed by atoms with Crippen LogP contribution in [0.4, 0.5) is 10.2 Å². The standard InChI is InChI=1S/C22H18FN5O2/c23-18-11-14(5-6-17(18)20-13-26-21(25)19(12-24)27-20)15-3-1-2-4-16(15)22(29)28-7-9-30-10-8-28/h1-6,11,13H,7-10H2,(H2,25,26). The topological polar surface area (TPSA) is 105 Å². The Bertz CT molecular complexity index is 1150.